The average molecular weight is 1570 g/mol. The molecule has 4 aromatic heterocycles. The average Bonchev–Trinajstić information content (AvgIpc) is 0.773. The van der Waals surface area contributed by atoms with E-state index in [1.165, 1.54) is 9.80 Å². The highest BCUT2D eigenvalue weighted by Gasteiger charge is 2.28. The molecule has 0 aliphatic carbocycles. The van der Waals surface area contributed by atoms with E-state index >= 15 is 0 Å². The molecule has 10 rings (SSSR count). The first kappa shape index (κ1) is 88.1. The van der Waals surface area contributed by atoms with Crippen molar-refractivity contribution in [2.24, 2.45) is 0 Å². The number of benzene rings is 4. The zero-order valence-electron chi connectivity index (χ0n) is 62.7. The Labute approximate surface area is 655 Å². The topological polar surface area (TPSA) is 443 Å². The van der Waals surface area contributed by atoms with Crippen molar-refractivity contribution in [3.63, 3.8) is 0 Å². The molecule has 35 nitrogen and oxygen atoms in total. The summed E-state index contributed by atoms with van der Waals surface area (Å²) in [6.07, 6.45) is 2.26. The van der Waals surface area contributed by atoms with E-state index in [4.69, 9.17) is 49.6 Å². The lowest BCUT2D eigenvalue weighted by Gasteiger charge is -2.30. The van der Waals surface area contributed by atoms with Gasteiger partial charge in [-0.15, -0.1) is 0 Å². The van der Waals surface area contributed by atoms with Gasteiger partial charge in [-0.3, -0.25) is 97.9 Å². The van der Waals surface area contributed by atoms with Gasteiger partial charge in [0.2, 0.25) is 5.91 Å². The van der Waals surface area contributed by atoms with Crippen LogP contribution in [0.15, 0.2) is 122 Å². The van der Waals surface area contributed by atoms with Crippen molar-refractivity contribution in [1.82, 2.24) is 49.3 Å². The van der Waals surface area contributed by atoms with E-state index in [0.29, 0.717) is 94.3 Å². The predicted molar refractivity (Wildman–Crippen MR) is 416 cm³/mol. The molecule has 0 unspecified atom stereocenters. The smallest absolute Gasteiger partial charge is 0.412 e. The van der Waals surface area contributed by atoms with Gasteiger partial charge in [0.05, 0.1) is 68.2 Å². The lowest BCUT2D eigenvalue weighted by atomic mass is 10.1. The third kappa shape index (κ3) is 29.6. The number of anilines is 4. The van der Waals surface area contributed by atoms with Crippen molar-refractivity contribution in [2.45, 2.75) is 60.2 Å². The van der Waals surface area contributed by atoms with Crippen molar-refractivity contribution in [3.8, 4) is 23.7 Å². The summed E-state index contributed by atoms with van der Waals surface area (Å²) >= 11 is 0. The van der Waals surface area contributed by atoms with Crippen LogP contribution in [0.5, 0.6) is 0 Å². The molecule has 2 fully saturated rings. The fraction of sp³-hybridized carbons (Fsp3) is 0.342. The highest BCUT2D eigenvalue weighted by Crippen LogP contribution is 2.32. The van der Waals surface area contributed by atoms with Crippen LogP contribution in [0.1, 0.15) is 71.5 Å². The summed E-state index contributed by atoms with van der Waals surface area (Å²) in [6, 6.07) is 32.5. The second-order valence-electron chi connectivity index (χ2n) is 27.3. The van der Waals surface area contributed by atoms with Gasteiger partial charge in [0.25, 0.3) is 19.4 Å². The van der Waals surface area contributed by atoms with Crippen LogP contribution < -0.4 is 21.7 Å². The zero-order chi connectivity index (χ0) is 81.6. The molecule has 2 saturated heterocycles. The van der Waals surface area contributed by atoms with Gasteiger partial charge < -0.3 is 54.4 Å². The number of carboxylic acids is 2. The number of carbonyl (C=O) groups excluding carboxylic acids is 10. The number of ether oxygens (including phenoxy) is 7. The van der Waals surface area contributed by atoms with Gasteiger partial charge in [0.1, 0.15) is 53.8 Å². The number of hydrogen-bond acceptors (Lipinski definition) is 30. The molecule has 0 radical (unpaired) electrons. The third-order valence-electron chi connectivity index (χ3n) is 16.0. The molecular weight excluding hydrogens is 1480 g/mol. The molecule has 600 valence electrons. The Bertz CT molecular complexity index is 4830. The van der Waals surface area contributed by atoms with Crippen LogP contribution in [0.25, 0.3) is 43.6 Å². The number of carboxylic acid groups (broad SMARTS) is 2. The van der Waals surface area contributed by atoms with E-state index in [9.17, 15) is 57.5 Å². The maximum atomic E-state index is 13.0. The number of rotatable bonds is 30. The number of aromatic nitrogens is 4. The summed E-state index contributed by atoms with van der Waals surface area (Å²) in [5.74, 6) is 7.09. The first-order valence-electron chi connectivity index (χ1n) is 35.0. The normalized spacial score (nSPS) is 12.9. The Morgan fingerprint density at radius 2 is 0.886 bits per heavy atom. The number of nitrogens with zero attached hydrogens (tertiary/aromatic N) is 10. The predicted octanol–water partition coefficient (Wildman–Crippen LogP) is 5.74. The Kier molecular flexibility index (Phi) is 33.1. The zero-order valence-corrected chi connectivity index (χ0v) is 62.7. The van der Waals surface area contributed by atoms with E-state index in [1.807, 2.05) is 93.6 Å². The van der Waals surface area contributed by atoms with E-state index in [0.717, 1.165) is 27.2 Å². The van der Waals surface area contributed by atoms with Crippen LogP contribution in [0.3, 0.4) is 0 Å². The molecule has 2 aliphatic heterocycles. The maximum absolute atomic E-state index is 13.0. The minimum Gasteiger partial charge on any atom is -0.480 e. The summed E-state index contributed by atoms with van der Waals surface area (Å²) in [5.41, 5.74) is 11.9. The van der Waals surface area contributed by atoms with Gasteiger partial charge in [-0.05, 0) is 150 Å². The molecule has 6 heterocycles. The molecule has 0 bridgehead atoms. The van der Waals surface area contributed by atoms with Crippen molar-refractivity contribution < 1.29 is 101 Å². The minimum atomic E-state index is -1.20. The van der Waals surface area contributed by atoms with E-state index in [-0.39, 0.29) is 99.5 Å². The molecule has 0 spiro atoms. The molecule has 3 amide bonds. The van der Waals surface area contributed by atoms with Crippen LogP contribution in [0, 0.1) is 23.7 Å². The Morgan fingerprint density at radius 3 is 1.29 bits per heavy atom. The summed E-state index contributed by atoms with van der Waals surface area (Å²) < 4.78 is 34.2. The molecule has 0 atom stereocenters. The number of nitrogen functional groups attached to an aromatic ring is 1. The van der Waals surface area contributed by atoms with Gasteiger partial charge in [0.15, 0.2) is 0 Å². The fourth-order valence-electron chi connectivity index (χ4n) is 11.0. The number of nitrogens with two attached hydrogens (primary N) is 1. The number of carbonyl (C=O) groups is 12. The summed E-state index contributed by atoms with van der Waals surface area (Å²) in [6.45, 7) is 12.2. The minimum absolute atomic E-state index is 0. The standard InChI is InChI=1S/C39H43N7O11.C25H22N4O2.C14H19N3O8.CH4/c1-39(2,3)57-38(54)43-32-19-28-5-4-14-40-36(28)37-31(32)13-12-30(42-37)11-8-27-6-9-29(10-7-27)41-33(49)20-46(24-56-26-48)18-16-44(23-55-25-47)15-17-45(21-34(50)51)22-35(52)53;1-25(2,3)31-24(30)29-21-15-17-5-4-14-27-22(17)23-20(21)13-12-19(28-23)11-8-16-6-9-18(26)10-7-16;18-10-23-9-15(1-3-16-5-11(19)24-12(20)6-16)2-4-17-7-13(21)25-14(22)8-17;/h4-7,9-10,12-14,19,25-26H,15-18,20-24H2,1-3H3,(H,41,49)(H,43,54)(H,50,51)(H,52,53);4-7,9-10,12-15H,26H2,1-3H3,(H,29,30);10H,1-9H2;1H4. The molecule has 35 heteroatoms. The summed E-state index contributed by atoms with van der Waals surface area (Å²) in [4.78, 5) is 165. The van der Waals surface area contributed by atoms with Gasteiger partial charge >= 0.3 is 48.0 Å². The molecular formula is C79H88N14O21. The number of aliphatic carboxylic acids is 2. The van der Waals surface area contributed by atoms with Gasteiger partial charge in [-0.25, -0.2) is 19.6 Å². The number of amides is 3. The van der Waals surface area contributed by atoms with E-state index < -0.39 is 78.2 Å². The summed E-state index contributed by atoms with van der Waals surface area (Å²) in [5, 5.41) is 29.7. The highest BCUT2D eigenvalue weighted by atomic mass is 16.6. The highest BCUT2D eigenvalue weighted by molar-refractivity contribution is 6.13. The van der Waals surface area contributed by atoms with Crippen LogP contribution in [-0.4, -0.2) is 262 Å². The Balaban J connectivity index is 0.000000263. The number of hydrogen-bond donors (Lipinski definition) is 6. The first-order chi connectivity index (χ1) is 54.0. The molecule has 4 aromatic carbocycles. The lowest BCUT2D eigenvalue weighted by molar-refractivity contribution is -0.168. The number of fused-ring (bicyclic) bond motifs is 6. The SMILES string of the molecule is C.CC(C)(C)OC(=O)Nc1cc2cccnc2c2nc(C#Cc3ccc(N)cc3)ccc12.CC(C)(C)OC(=O)Nc1cc2cccnc2c2nc(C#Cc3ccc(NC(=O)CN(CCN(CCN(CC(=O)O)CC(=O)O)COC=O)COC=O)cc3)ccc12.O=COCN(CCN1CC(=O)OC(=O)C1)CCN1CC(=O)OC(=O)C1. The van der Waals surface area contributed by atoms with Crippen LogP contribution in [-0.2, 0) is 81.1 Å². The van der Waals surface area contributed by atoms with Crippen LogP contribution in [0.2, 0.25) is 0 Å². The van der Waals surface area contributed by atoms with E-state index in [2.05, 4.69) is 59.1 Å². The van der Waals surface area contributed by atoms with Gasteiger partial charge in [-0.2, -0.15) is 0 Å². The molecule has 0 saturated carbocycles. The third-order valence-corrected chi connectivity index (χ3v) is 16.0. The largest absolute Gasteiger partial charge is 0.480 e. The lowest BCUT2D eigenvalue weighted by Crippen LogP contribution is -2.48. The number of morpholine rings is 2. The maximum Gasteiger partial charge on any atom is 0.412 e. The quantitative estimate of drug-likeness (QED) is 0.00456. The molecule has 8 aromatic rings. The van der Waals surface area contributed by atoms with Crippen LogP contribution >= 0.6 is 0 Å². The van der Waals surface area contributed by atoms with Crippen molar-refractivity contribution >= 4 is 140 Å². The van der Waals surface area contributed by atoms with Crippen LogP contribution in [0.4, 0.5) is 32.3 Å². The van der Waals surface area contributed by atoms with Crippen molar-refractivity contribution in [1.29, 1.82) is 0 Å². The number of pyridine rings is 4. The Hall–Kier alpha value is -13.2. The van der Waals surface area contributed by atoms with Crippen molar-refractivity contribution in [3.05, 3.63) is 144 Å². The monoisotopic (exact) mass is 1570 g/mol. The van der Waals surface area contributed by atoms with Crippen molar-refractivity contribution in [2.75, 3.05) is 140 Å². The number of nitrogens with one attached hydrogen (secondary N) is 3. The molecule has 114 heavy (non-hydrogen) atoms. The van der Waals surface area contributed by atoms with E-state index in [1.54, 1.807) is 89.2 Å². The fourth-order valence-corrected chi connectivity index (χ4v) is 11.0. The molecule has 7 N–H and O–H groups in total. The number of cyclic esters (lactones) is 4. The Morgan fingerprint density at radius 1 is 0.500 bits per heavy atom. The first-order valence-corrected chi connectivity index (χ1v) is 35.0. The second kappa shape index (κ2) is 42.9. The molecule has 2 aliphatic rings. The van der Waals surface area contributed by atoms with Gasteiger partial charge in [-0.1, -0.05) is 31.4 Å². The van der Waals surface area contributed by atoms with Gasteiger partial charge in [0, 0.05) is 109 Å². The second-order valence-corrected chi connectivity index (χ2v) is 27.3. The summed E-state index contributed by atoms with van der Waals surface area (Å²) in [7, 11) is 0. The number of esters is 4.